The van der Waals surface area contributed by atoms with Crippen molar-refractivity contribution in [1.29, 1.82) is 5.41 Å². The Morgan fingerprint density at radius 3 is 1.81 bits per heavy atom. The Morgan fingerprint density at radius 1 is 0.963 bits per heavy atom. The Kier molecular flexibility index (Phi) is 5.36. The zero-order valence-corrected chi connectivity index (χ0v) is 14.8. The van der Waals surface area contributed by atoms with E-state index in [4.69, 9.17) is 5.41 Å². The van der Waals surface area contributed by atoms with E-state index >= 15 is 0 Å². The average molecular weight is 444 g/mol. The van der Waals surface area contributed by atoms with Gasteiger partial charge in [-0.1, -0.05) is 0 Å². The van der Waals surface area contributed by atoms with Crippen LogP contribution in [0.5, 0.6) is 0 Å². The molecule has 0 aromatic heterocycles. The van der Waals surface area contributed by atoms with Crippen molar-refractivity contribution in [3.05, 3.63) is 0 Å². The first kappa shape index (κ1) is 21.9. The van der Waals surface area contributed by atoms with Crippen LogP contribution in [0.2, 0.25) is 0 Å². The predicted molar refractivity (Wildman–Crippen MR) is 78.8 cm³/mol. The minimum atomic E-state index is -6.78. The van der Waals surface area contributed by atoms with Crippen LogP contribution < -0.4 is 5.32 Å². The van der Waals surface area contributed by atoms with Gasteiger partial charge in [0.25, 0.3) is 25.6 Å². The number of carbonyl (C=O) groups excluding carboxylic acids is 1. The molecule has 156 valence electrons. The molecule has 0 heterocycles. The van der Waals surface area contributed by atoms with Gasteiger partial charge >= 0.3 is 11.0 Å². The molecule has 0 saturated heterocycles. The maximum Gasteiger partial charge on any atom is 0.498 e. The second-order valence-electron chi connectivity index (χ2n) is 6.44. The van der Waals surface area contributed by atoms with Gasteiger partial charge in [0.1, 0.15) is 0 Å². The normalized spacial score (nSPS) is 29.1. The number of halogens is 6. The molecule has 2 bridgehead atoms. The molecule has 0 aromatic carbocycles. The number of amides is 1. The minimum Gasteiger partial charge on any atom is -0.348 e. The molecule has 1 amide bonds. The lowest BCUT2D eigenvalue weighted by atomic mass is 9.85. The lowest BCUT2D eigenvalue weighted by Crippen LogP contribution is -2.56. The largest absolute Gasteiger partial charge is 0.498 e. The zero-order valence-electron chi connectivity index (χ0n) is 13.2. The van der Waals surface area contributed by atoms with Gasteiger partial charge in [-0.2, -0.15) is 26.3 Å². The summed E-state index contributed by atoms with van der Waals surface area (Å²) in [5.74, 6) is -5.06. The van der Waals surface area contributed by atoms with E-state index in [1.54, 1.807) is 0 Å². The van der Waals surface area contributed by atoms with E-state index in [9.17, 15) is 48.0 Å². The monoisotopic (exact) mass is 444 g/mol. The number of alkyl halides is 6. The van der Waals surface area contributed by atoms with Gasteiger partial charge in [0, 0.05) is 12.0 Å². The Bertz CT molecular complexity index is 791. The van der Waals surface area contributed by atoms with Gasteiger partial charge in [-0.15, -0.1) is 0 Å². The molecular formula is C12H14F6N2O5S2. The van der Waals surface area contributed by atoms with Crippen LogP contribution in [0, 0.1) is 23.2 Å². The highest BCUT2D eigenvalue weighted by Gasteiger charge is 2.69. The van der Waals surface area contributed by atoms with Crippen molar-refractivity contribution >= 4 is 31.8 Å². The number of hydrogen-bond donors (Lipinski definition) is 2. The second kappa shape index (κ2) is 6.60. The molecule has 2 N–H and O–H groups in total. The molecule has 0 aromatic rings. The van der Waals surface area contributed by atoms with E-state index in [0.717, 1.165) is 0 Å². The fourth-order valence-electron chi connectivity index (χ4n) is 3.99. The molecule has 2 fully saturated rings. The average Bonchev–Trinajstić information content (AvgIpc) is 3.07. The lowest BCUT2D eigenvalue weighted by Gasteiger charge is -2.36. The summed E-state index contributed by atoms with van der Waals surface area (Å²) in [6.45, 7) is 0. The molecule has 2 rings (SSSR count). The molecule has 4 unspecified atom stereocenters. The third-order valence-electron chi connectivity index (χ3n) is 4.99. The van der Waals surface area contributed by atoms with E-state index in [1.807, 2.05) is 5.32 Å². The Labute approximate surface area is 149 Å². The summed E-state index contributed by atoms with van der Waals surface area (Å²) >= 11 is 0. The van der Waals surface area contributed by atoms with Crippen LogP contribution in [0.1, 0.15) is 19.3 Å². The lowest BCUT2D eigenvalue weighted by molar-refractivity contribution is -0.115. The summed E-state index contributed by atoms with van der Waals surface area (Å²) in [4.78, 5) is 11.4. The summed E-state index contributed by atoms with van der Waals surface area (Å²) in [6.07, 6.45) is 0.484. The smallest absolute Gasteiger partial charge is 0.348 e. The van der Waals surface area contributed by atoms with E-state index in [-0.39, 0.29) is 25.5 Å². The maximum absolute atomic E-state index is 13.0. The maximum atomic E-state index is 13.0. The Balaban J connectivity index is 2.66. The van der Waals surface area contributed by atoms with Crippen molar-refractivity contribution in [1.82, 2.24) is 5.32 Å². The summed E-state index contributed by atoms with van der Waals surface area (Å²) in [7, 11) is -13.6. The van der Waals surface area contributed by atoms with Gasteiger partial charge in [0.05, 0.1) is 6.21 Å². The fraction of sp³-hybridized carbons (Fsp3) is 0.833. The van der Waals surface area contributed by atoms with Crippen molar-refractivity contribution in [2.75, 3.05) is 0 Å². The first-order valence-corrected chi connectivity index (χ1v) is 10.6. The number of carbonyl (C=O) groups is 1. The molecule has 0 spiro atoms. The third kappa shape index (κ3) is 3.54. The summed E-state index contributed by atoms with van der Waals surface area (Å²) in [5.41, 5.74) is -12.5. The van der Waals surface area contributed by atoms with Gasteiger partial charge < -0.3 is 10.7 Å². The highest BCUT2D eigenvalue weighted by atomic mass is 32.3. The van der Waals surface area contributed by atoms with Crippen LogP contribution in [0.3, 0.4) is 0 Å². The van der Waals surface area contributed by atoms with E-state index < -0.39 is 65.0 Å². The number of rotatable bonds is 5. The second-order valence-corrected chi connectivity index (χ2v) is 10.9. The van der Waals surface area contributed by atoms with Crippen molar-refractivity contribution in [2.24, 2.45) is 17.8 Å². The van der Waals surface area contributed by atoms with Crippen LogP contribution in [0.4, 0.5) is 26.3 Å². The van der Waals surface area contributed by atoms with Gasteiger partial charge in [0.2, 0.25) is 0 Å². The van der Waals surface area contributed by atoms with Crippen molar-refractivity contribution in [2.45, 2.75) is 40.9 Å². The van der Waals surface area contributed by atoms with Crippen LogP contribution in [0.15, 0.2) is 0 Å². The molecule has 7 nitrogen and oxygen atoms in total. The van der Waals surface area contributed by atoms with Gasteiger partial charge in [-0.3, -0.25) is 4.79 Å². The van der Waals surface area contributed by atoms with Crippen LogP contribution >= 0.6 is 0 Å². The van der Waals surface area contributed by atoms with Crippen molar-refractivity contribution < 1.29 is 48.0 Å². The van der Waals surface area contributed by atoms with Gasteiger partial charge in [-0.05, 0) is 31.1 Å². The molecule has 2 aliphatic carbocycles. The number of fused-ring (bicyclic) bond motifs is 2. The van der Waals surface area contributed by atoms with Gasteiger partial charge in [0.15, 0.2) is 4.58 Å². The molecule has 2 saturated carbocycles. The number of hydrogen-bond acceptors (Lipinski definition) is 6. The minimum absolute atomic E-state index is 0.0229. The molecule has 4 atom stereocenters. The van der Waals surface area contributed by atoms with Crippen molar-refractivity contribution in [3.8, 4) is 0 Å². The fourth-order valence-corrected chi connectivity index (χ4v) is 8.12. The summed E-state index contributed by atoms with van der Waals surface area (Å²) < 4.78 is 122. The Hall–Kier alpha value is -1.38. The SMILES string of the molecule is N=CC(=O)NC1C2CCC(C2)C1C(S(=O)(=O)C(F)(F)F)S(=O)(=O)C(F)(F)F. The molecule has 15 heteroatoms. The quantitative estimate of drug-likeness (QED) is 0.490. The van der Waals surface area contributed by atoms with E-state index in [1.165, 1.54) is 0 Å². The van der Waals surface area contributed by atoms with Crippen LogP contribution in [-0.4, -0.2) is 50.6 Å². The topological polar surface area (TPSA) is 121 Å². The predicted octanol–water partition coefficient (Wildman–Crippen LogP) is 1.36. The standard InChI is InChI=1S/C12H14F6N2O5S2/c13-11(14,15)26(22,23)10(27(24,25)12(16,17)18)8-5-1-2-6(3-5)9(8)20-7(21)4-19/h4-6,8-10,19H,1-3H2,(H,20,21). The molecule has 0 aliphatic heterocycles. The third-order valence-corrected chi connectivity index (χ3v) is 9.65. The van der Waals surface area contributed by atoms with Gasteiger partial charge in [-0.25, -0.2) is 16.8 Å². The zero-order chi connectivity index (χ0) is 21.0. The van der Waals surface area contributed by atoms with E-state index in [2.05, 4.69) is 0 Å². The van der Waals surface area contributed by atoms with Crippen LogP contribution in [-0.2, 0) is 24.5 Å². The highest BCUT2D eigenvalue weighted by molar-refractivity contribution is 8.09. The Morgan fingerprint density at radius 2 is 1.41 bits per heavy atom. The summed E-state index contributed by atoms with van der Waals surface area (Å²) in [6, 6.07) is -1.54. The van der Waals surface area contributed by atoms with E-state index in [0.29, 0.717) is 0 Å². The summed E-state index contributed by atoms with van der Waals surface area (Å²) in [5, 5.41) is 8.78. The molecule has 0 radical (unpaired) electrons. The van der Waals surface area contributed by atoms with Crippen LogP contribution in [0.25, 0.3) is 0 Å². The molecule has 27 heavy (non-hydrogen) atoms. The van der Waals surface area contributed by atoms with Crippen molar-refractivity contribution in [3.63, 3.8) is 0 Å². The molecule has 2 aliphatic rings. The highest BCUT2D eigenvalue weighted by Crippen LogP contribution is 2.54. The number of sulfone groups is 2. The first-order valence-electron chi connectivity index (χ1n) is 7.47. The number of nitrogens with one attached hydrogen (secondary N) is 2. The first-order chi connectivity index (χ1) is 12.1. The molecular weight excluding hydrogens is 430 g/mol.